The average molecular weight is 169 g/mol. The number of hydrogen-bond acceptors (Lipinski definition) is 2. The van der Waals surface area contributed by atoms with Gasteiger partial charge in [0.1, 0.15) is 0 Å². The van der Waals surface area contributed by atoms with Crippen LogP contribution in [0.15, 0.2) is 0 Å². The normalized spacial score (nSPS) is 44.1. The Balaban J connectivity index is 2.08. The maximum absolute atomic E-state index is 10.6. The Hall–Kier alpha value is -0.570. The summed E-state index contributed by atoms with van der Waals surface area (Å²) >= 11 is 0. The molecule has 2 aliphatic carbocycles. The van der Waals surface area contributed by atoms with Crippen LogP contribution in [0.5, 0.6) is 0 Å². The highest BCUT2D eigenvalue weighted by atomic mass is 16.4. The standard InChI is InChI=1S/C9H15NO2/c10-5-9(4-8(11)12)2-1-6-3-7(6)9/h6-7H,1-5,10H2,(H,11,12)/t6-,7+,9+/m0/s1. The van der Waals surface area contributed by atoms with Crippen LogP contribution in [0, 0.1) is 17.3 Å². The molecule has 0 aromatic rings. The highest BCUT2D eigenvalue weighted by molar-refractivity contribution is 5.68. The van der Waals surface area contributed by atoms with Crippen molar-refractivity contribution in [3.05, 3.63) is 0 Å². The van der Waals surface area contributed by atoms with Crippen LogP contribution in [0.4, 0.5) is 0 Å². The molecule has 2 rings (SSSR count). The number of nitrogens with two attached hydrogens (primary N) is 1. The lowest BCUT2D eigenvalue weighted by Gasteiger charge is -2.27. The number of rotatable bonds is 3. The summed E-state index contributed by atoms with van der Waals surface area (Å²) in [6.45, 7) is 0.556. The van der Waals surface area contributed by atoms with Gasteiger partial charge in [-0.3, -0.25) is 4.79 Å². The summed E-state index contributed by atoms with van der Waals surface area (Å²) in [4.78, 5) is 10.6. The van der Waals surface area contributed by atoms with Gasteiger partial charge in [-0.2, -0.15) is 0 Å². The first kappa shape index (κ1) is 8.05. The van der Waals surface area contributed by atoms with E-state index < -0.39 is 5.97 Å². The molecule has 3 atom stereocenters. The van der Waals surface area contributed by atoms with Crippen molar-refractivity contribution in [3.63, 3.8) is 0 Å². The lowest BCUT2D eigenvalue weighted by atomic mass is 9.79. The van der Waals surface area contributed by atoms with Gasteiger partial charge >= 0.3 is 5.97 Å². The first-order valence-electron chi connectivity index (χ1n) is 4.60. The van der Waals surface area contributed by atoms with Crippen molar-refractivity contribution >= 4 is 5.97 Å². The van der Waals surface area contributed by atoms with Crippen molar-refractivity contribution in [2.75, 3.05) is 6.54 Å². The van der Waals surface area contributed by atoms with Gasteiger partial charge in [0.2, 0.25) is 0 Å². The Kier molecular flexibility index (Phi) is 1.65. The number of carbonyl (C=O) groups is 1. The molecule has 2 fully saturated rings. The summed E-state index contributed by atoms with van der Waals surface area (Å²) in [7, 11) is 0. The molecule has 12 heavy (non-hydrogen) atoms. The Labute approximate surface area is 71.9 Å². The Morgan fingerprint density at radius 1 is 1.67 bits per heavy atom. The molecule has 0 aliphatic heterocycles. The molecular weight excluding hydrogens is 154 g/mol. The summed E-state index contributed by atoms with van der Waals surface area (Å²) in [5.74, 6) is 0.763. The van der Waals surface area contributed by atoms with E-state index >= 15 is 0 Å². The molecule has 0 spiro atoms. The SMILES string of the molecule is NC[C@]1(CC(=O)O)CC[C@H]2C[C@H]21. The maximum atomic E-state index is 10.6. The van der Waals surface area contributed by atoms with Gasteiger partial charge in [0, 0.05) is 0 Å². The molecular formula is C9H15NO2. The summed E-state index contributed by atoms with van der Waals surface area (Å²) in [6, 6.07) is 0. The molecule has 0 saturated heterocycles. The minimum Gasteiger partial charge on any atom is -0.481 e. The molecule has 3 nitrogen and oxygen atoms in total. The molecule has 0 heterocycles. The van der Waals surface area contributed by atoms with Crippen LogP contribution >= 0.6 is 0 Å². The number of carboxylic acid groups (broad SMARTS) is 1. The molecule has 0 bridgehead atoms. The van der Waals surface area contributed by atoms with Crippen LogP contribution < -0.4 is 5.73 Å². The first-order valence-corrected chi connectivity index (χ1v) is 4.60. The van der Waals surface area contributed by atoms with Crippen LogP contribution in [-0.2, 0) is 4.79 Å². The third kappa shape index (κ3) is 1.04. The number of hydrogen-bond donors (Lipinski definition) is 2. The van der Waals surface area contributed by atoms with Crippen LogP contribution in [-0.4, -0.2) is 17.6 Å². The molecule has 2 saturated carbocycles. The van der Waals surface area contributed by atoms with Gasteiger partial charge in [0.05, 0.1) is 6.42 Å². The fourth-order valence-corrected chi connectivity index (χ4v) is 2.82. The smallest absolute Gasteiger partial charge is 0.303 e. The third-order valence-corrected chi connectivity index (χ3v) is 3.63. The van der Waals surface area contributed by atoms with Crippen molar-refractivity contribution in [2.45, 2.75) is 25.7 Å². The van der Waals surface area contributed by atoms with E-state index in [0.717, 1.165) is 12.3 Å². The molecule has 3 heteroatoms. The van der Waals surface area contributed by atoms with Crippen LogP contribution in [0.3, 0.4) is 0 Å². The van der Waals surface area contributed by atoms with Crippen LogP contribution in [0.2, 0.25) is 0 Å². The molecule has 0 amide bonds. The van der Waals surface area contributed by atoms with Gasteiger partial charge in [-0.1, -0.05) is 0 Å². The molecule has 3 N–H and O–H groups in total. The lowest BCUT2D eigenvalue weighted by Crippen LogP contribution is -2.33. The van der Waals surface area contributed by atoms with E-state index in [1.165, 1.54) is 12.8 Å². The average Bonchev–Trinajstić information content (AvgIpc) is 2.72. The highest BCUT2D eigenvalue weighted by Gasteiger charge is 2.57. The number of aliphatic carboxylic acids is 1. The van der Waals surface area contributed by atoms with E-state index in [9.17, 15) is 4.79 Å². The second-order valence-electron chi connectivity index (χ2n) is 4.28. The molecule has 0 radical (unpaired) electrons. The van der Waals surface area contributed by atoms with Crippen molar-refractivity contribution < 1.29 is 9.90 Å². The third-order valence-electron chi connectivity index (χ3n) is 3.63. The zero-order valence-corrected chi connectivity index (χ0v) is 7.12. The predicted octanol–water partition coefficient (Wildman–Crippen LogP) is 0.836. The van der Waals surface area contributed by atoms with Gasteiger partial charge in [0.25, 0.3) is 0 Å². The molecule has 68 valence electrons. The second-order valence-corrected chi connectivity index (χ2v) is 4.28. The summed E-state index contributed by atoms with van der Waals surface area (Å²) in [6.07, 6.45) is 3.75. The minimum absolute atomic E-state index is 0.0312. The summed E-state index contributed by atoms with van der Waals surface area (Å²) < 4.78 is 0. The fourth-order valence-electron chi connectivity index (χ4n) is 2.82. The molecule has 0 aromatic carbocycles. The Bertz CT molecular complexity index is 217. The van der Waals surface area contributed by atoms with E-state index in [-0.39, 0.29) is 11.8 Å². The van der Waals surface area contributed by atoms with Crippen molar-refractivity contribution in [1.82, 2.24) is 0 Å². The Morgan fingerprint density at radius 2 is 2.42 bits per heavy atom. The van der Waals surface area contributed by atoms with Gasteiger partial charge in [-0.25, -0.2) is 0 Å². The predicted molar refractivity (Wildman–Crippen MR) is 44.6 cm³/mol. The molecule has 0 unspecified atom stereocenters. The van der Waals surface area contributed by atoms with E-state index in [4.69, 9.17) is 10.8 Å². The van der Waals surface area contributed by atoms with E-state index in [1.807, 2.05) is 0 Å². The topological polar surface area (TPSA) is 63.3 Å². The Morgan fingerprint density at radius 3 is 2.75 bits per heavy atom. The monoisotopic (exact) mass is 169 g/mol. The fraction of sp³-hybridized carbons (Fsp3) is 0.889. The lowest BCUT2D eigenvalue weighted by molar-refractivity contribution is -0.139. The summed E-state index contributed by atoms with van der Waals surface area (Å²) in [5.41, 5.74) is 5.64. The molecule has 0 aromatic heterocycles. The highest BCUT2D eigenvalue weighted by Crippen LogP contribution is 2.63. The van der Waals surface area contributed by atoms with Crippen molar-refractivity contribution in [2.24, 2.45) is 23.0 Å². The van der Waals surface area contributed by atoms with Crippen LogP contribution in [0.1, 0.15) is 25.7 Å². The number of carboxylic acids is 1. The summed E-state index contributed by atoms with van der Waals surface area (Å²) in [5, 5.41) is 8.75. The van der Waals surface area contributed by atoms with E-state index in [0.29, 0.717) is 12.5 Å². The van der Waals surface area contributed by atoms with Gasteiger partial charge in [-0.15, -0.1) is 0 Å². The van der Waals surface area contributed by atoms with Crippen molar-refractivity contribution in [1.29, 1.82) is 0 Å². The van der Waals surface area contributed by atoms with Gasteiger partial charge in [0.15, 0.2) is 0 Å². The quantitative estimate of drug-likeness (QED) is 0.658. The maximum Gasteiger partial charge on any atom is 0.303 e. The second kappa shape index (κ2) is 2.46. The molecule has 2 aliphatic rings. The largest absolute Gasteiger partial charge is 0.481 e. The van der Waals surface area contributed by atoms with Gasteiger partial charge in [-0.05, 0) is 43.1 Å². The van der Waals surface area contributed by atoms with Crippen molar-refractivity contribution in [3.8, 4) is 0 Å². The van der Waals surface area contributed by atoms with E-state index in [1.54, 1.807) is 0 Å². The minimum atomic E-state index is -0.687. The zero-order chi connectivity index (χ0) is 8.77. The van der Waals surface area contributed by atoms with E-state index in [2.05, 4.69) is 0 Å². The van der Waals surface area contributed by atoms with Gasteiger partial charge < -0.3 is 10.8 Å². The zero-order valence-electron chi connectivity index (χ0n) is 7.12. The first-order chi connectivity index (χ1) is 5.68. The number of fused-ring (bicyclic) bond motifs is 1. The van der Waals surface area contributed by atoms with Crippen LogP contribution in [0.25, 0.3) is 0 Å².